The van der Waals surface area contributed by atoms with Crippen molar-refractivity contribution in [3.8, 4) is 5.75 Å². The summed E-state index contributed by atoms with van der Waals surface area (Å²) in [6.45, 7) is 1.29. The van der Waals surface area contributed by atoms with Crippen molar-refractivity contribution in [2.75, 3.05) is 14.2 Å². The molecule has 2 aliphatic rings. The number of ether oxygens (including phenoxy) is 2. The third kappa shape index (κ3) is 2.84. The van der Waals surface area contributed by atoms with Gasteiger partial charge in [0.2, 0.25) is 0 Å². The minimum atomic E-state index is -0.291. The monoisotopic (exact) mass is 303 g/mol. The molecule has 1 atom stereocenters. The Hall–Kier alpha value is -1.55. The number of benzene rings is 1. The molecule has 1 aliphatic heterocycles. The first-order chi connectivity index (χ1) is 10.7. The van der Waals surface area contributed by atoms with E-state index >= 15 is 0 Å². The van der Waals surface area contributed by atoms with Crippen molar-refractivity contribution in [3.63, 3.8) is 0 Å². The highest BCUT2D eigenvalue weighted by Crippen LogP contribution is 2.34. The van der Waals surface area contributed by atoms with Crippen LogP contribution in [0.4, 0.5) is 0 Å². The van der Waals surface area contributed by atoms with E-state index in [0.29, 0.717) is 19.0 Å². The van der Waals surface area contributed by atoms with Crippen LogP contribution in [0.25, 0.3) is 0 Å². The molecule has 1 aromatic rings. The first-order valence-electron chi connectivity index (χ1n) is 8.21. The summed E-state index contributed by atoms with van der Waals surface area (Å²) in [6, 6.07) is 6.02. The number of amides is 1. The summed E-state index contributed by atoms with van der Waals surface area (Å²) in [7, 11) is 3.35. The molecule has 3 rings (SSSR count). The number of carbonyl (C=O) groups is 1. The fraction of sp³-hybridized carbons (Fsp3) is 0.611. The zero-order valence-corrected chi connectivity index (χ0v) is 13.5. The van der Waals surface area contributed by atoms with Crippen molar-refractivity contribution < 1.29 is 14.3 Å². The molecular weight excluding hydrogens is 278 g/mol. The van der Waals surface area contributed by atoms with Crippen molar-refractivity contribution >= 4 is 5.91 Å². The van der Waals surface area contributed by atoms with E-state index in [1.807, 2.05) is 17.0 Å². The second-order valence-electron chi connectivity index (χ2n) is 6.35. The Bertz CT molecular complexity index is 537. The largest absolute Gasteiger partial charge is 0.496 e. The molecule has 4 nitrogen and oxygen atoms in total. The molecular formula is C18H25NO3. The van der Waals surface area contributed by atoms with Gasteiger partial charge in [0.15, 0.2) is 0 Å². The number of fused-ring (bicyclic) bond motifs is 1. The second-order valence-corrected chi connectivity index (χ2v) is 6.35. The van der Waals surface area contributed by atoms with Gasteiger partial charge in [0.25, 0.3) is 5.91 Å². The van der Waals surface area contributed by atoms with Crippen LogP contribution in [0.1, 0.15) is 43.2 Å². The van der Waals surface area contributed by atoms with E-state index in [2.05, 4.69) is 6.07 Å². The van der Waals surface area contributed by atoms with Crippen LogP contribution in [0.3, 0.4) is 0 Å². The van der Waals surface area contributed by atoms with Gasteiger partial charge in [0, 0.05) is 19.2 Å². The first kappa shape index (κ1) is 15.3. The highest BCUT2D eigenvalue weighted by Gasteiger charge is 2.35. The molecule has 0 saturated heterocycles. The number of hydrogen-bond acceptors (Lipinski definition) is 3. The fourth-order valence-electron chi connectivity index (χ4n) is 3.85. The molecule has 1 aliphatic carbocycles. The number of methoxy groups -OCH3 is 2. The van der Waals surface area contributed by atoms with Crippen LogP contribution in [-0.4, -0.2) is 31.1 Å². The second kappa shape index (κ2) is 6.69. The van der Waals surface area contributed by atoms with Crippen molar-refractivity contribution in [2.24, 2.45) is 5.92 Å². The van der Waals surface area contributed by atoms with E-state index in [1.54, 1.807) is 14.2 Å². The predicted octanol–water partition coefficient (Wildman–Crippen LogP) is 3.13. The van der Waals surface area contributed by atoms with Gasteiger partial charge in [-0.3, -0.25) is 4.79 Å². The smallest absolute Gasteiger partial charge is 0.252 e. The SMILES string of the molecule is COc1cccc2c1CN(C(=O)[C@@H](OC)C1CCCCC1)C2. The maximum Gasteiger partial charge on any atom is 0.252 e. The lowest BCUT2D eigenvalue weighted by molar-refractivity contribution is -0.146. The Kier molecular flexibility index (Phi) is 4.67. The average molecular weight is 303 g/mol. The Morgan fingerprint density at radius 3 is 2.64 bits per heavy atom. The molecule has 4 heteroatoms. The third-order valence-corrected chi connectivity index (χ3v) is 5.05. The lowest BCUT2D eigenvalue weighted by atomic mass is 9.84. The number of nitrogens with zero attached hydrogens (tertiary/aromatic N) is 1. The molecule has 0 aromatic heterocycles. The van der Waals surface area contributed by atoms with Gasteiger partial charge in [-0.15, -0.1) is 0 Å². The summed E-state index contributed by atoms with van der Waals surface area (Å²) >= 11 is 0. The minimum absolute atomic E-state index is 0.132. The summed E-state index contributed by atoms with van der Waals surface area (Å²) in [5.41, 5.74) is 2.32. The molecule has 0 radical (unpaired) electrons. The van der Waals surface area contributed by atoms with E-state index in [-0.39, 0.29) is 12.0 Å². The van der Waals surface area contributed by atoms with Crippen LogP contribution in [-0.2, 0) is 22.6 Å². The molecule has 0 spiro atoms. The number of hydrogen-bond donors (Lipinski definition) is 0. The van der Waals surface area contributed by atoms with E-state index in [0.717, 1.165) is 24.2 Å². The van der Waals surface area contributed by atoms with E-state index < -0.39 is 0 Å². The molecule has 0 unspecified atom stereocenters. The van der Waals surface area contributed by atoms with Crippen molar-refractivity contribution in [1.29, 1.82) is 0 Å². The zero-order chi connectivity index (χ0) is 15.5. The van der Waals surface area contributed by atoms with Crippen molar-refractivity contribution in [2.45, 2.75) is 51.3 Å². The summed E-state index contributed by atoms with van der Waals surface area (Å²) in [5.74, 6) is 1.38. The zero-order valence-electron chi connectivity index (χ0n) is 13.5. The Balaban J connectivity index is 1.73. The van der Waals surface area contributed by atoms with Crippen LogP contribution >= 0.6 is 0 Å². The third-order valence-electron chi connectivity index (χ3n) is 5.05. The maximum atomic E-state index is 12.9. The molecule has 1 aromatic carbocycles. The lowest BCUT2D eigenvalue weighted by Crippen LogP contribution is -2.42. The van der Waals surface area contributed by atoms with Gasteiger partial charge in [-0.1, -0.05) is 31.4 Å². The topological polar surface area (TPSA) is 38.8 Å². The van der Waals surface area contributed by atoms with Crippen molar-refractivity contribution in [3.05, 3.63) is 29.3 Å². The highest BCUT2D eigenvalue weighted by atomic mass is 16.5. The van der Waals surface area contributed by atoms with Gasteiger partial charge in [-0.05, 0) is 30.4 Å². The van der Waals surface area contributed by atoms with Crippen LogP contribution in [0.2, 0.25) is 0 Å². The first-order valence-corrected chi connectivity index (χ1v) is 8.21. The van der Waals surface area contributed by atoms with Gasteiger partial charge < -0.3 is 14.4 Å². The summed E-state index contributed by atoms with van der Waals surface area (Å²) < 4.78 is 11.0. The molecule has 0 N–H and O–H groups in total. The van der Waals surface area contributed by atoms with E-state index in [1.165, 1.54) is 24.8 Å². The molecule has 120 valence electrons. The molecule has 1 saturated carbocycles. The van der Waals surface area contributed by atoms with Gasteiger partial charge in [0.1, 0.15) is 11.9 Å². The van der Waals surface area contributed by atoms with Gasteiger partial charge >= 0.3 is 0 Å². The Morgan fingerprint density at radius 2 is 1.95 bits per heavy atom. The Labute approximate surface area is 132 Å². The molecule has 0 bridgehead atoms. The minimum Gasteiger partial charge on any atom is -0.496 e. The molecule has 1 heterocycles. The van der Waals surface area contributed by atoms with Gasteiger partial charge in [0.05, 0.1) is 13.7 Å². The van der Waals surface area contributed by atoms with Crippen LogP contribution < -0.4 is 4.74 Å². The quantitative estimate of drug-likeness (QED) is 0.858. The number of carbonyl (C=O) groups excluding carboxylic acids is 1. The van der Waals surface area contributed by atoms with Gasteiger partial charge in [-0.25, -0.2) is 0 Å². The van der Waals surface area contributed by atoms with E-state index in [9.17, 15) is 4.79 Å². The molecule has 22 heavy (non-hydrogen) atoms. The highest BCUT2D eigenvalue weighted by molar-refractivity contribution is 5.82. The van der Waals surface area contributed by atoms with Crippen LogP contribution in [0, 0.1) is 5.92 Å². The fourth-order valence-corrected chi connectivity index (χ4v) is 3.85. The Morgan fingerprint density at radius 1 is 1.18 bits per heavy atom. The van der Waals surface area contributed by atoms with E-state index in [4.69, 9.17) is 9.47 Å². The lowest BCUT2D eigenvalue weighted by Gasteiger charge is -2.31. The maximum absolute atomic E-state index is 12.9. The average Bonchev–Trinajstić information content (AvgIpc) is 3.00. The normalized spacial score (nSPS) is 19.8. The predicted molar refractivity (Wildman–Crippen MR) is 84.6 cm³/mol. The molecule has 1 fully saturated rings. The van der Waals surface area contributed by atoms with Crippen LogP contribution in [0.5, 0.6) is 5.75 Å². The summed E-state index contributed by atoms with van der Waals surface area (Å²) in [6.07, 6.45) is 5.63. The summed E-state index contributed by atoms with van der Waals surface area (Å²) in [5, 5.41) is 0. The van der Waals surface area contributed by atoms with Crippen molar-refractivity contribution in [1.82, 2.24) is 4.90 Å². The summed E-state index contributed by atoms with van der Waals surface area (Å²) in [4.78, 5) is 14.8. The van der Waals surface area contributed by atoms with Gasteiger partial charge in [-0.2, -0.15) is 0 Å². The van der Waals surface area contributed by atoms with Crippen LogP contribution in [0.15, 0.2) is 18.2 Å². The number of rotatable bonds is 4. The molecule has 1 amide bonds. The standard InChI is InChI=1S/C18H25NO3/c1-21-16-10-6-9-14-11-19(12-15(14)16)18(20)17(22-2)13-7-4-3-5-8-13/h6,9-10,13,17H,3-5,7-8,11-12H2,1-2H3/t17-/m0/s1.